The fraction of sp³-hybridized carbons (Fsp3) is 0.954. The molecule has 0 aromatic carbocycles. The lowest BCUT2D eigenvalue weighted by atomic mass is 10.0. The van der Waals surface area contributed by atoms with E-state index < -0.39 is 97.5 Å². The van der Waals surface area contributed by atoms with Crippen LogP contribution in [0.5, 0.6) is 0 Å². The van der Waals surface area contributed by atoms with Crippen molar-refractivity contribution in [1.29, 1.82) is 0 Å². The maximum atomic E-state index is 13.2. The third kappa shape index (κ3) is 80.1. The third-order valence-electron chi connectivity index (χ3n) is 20.6. The van der Waals surface area contributed by atoms with Crippen molar-refractivity contribution in [2.45, 2.75) is 495 Å². The van der Waals surface area contributed by atoms with E-state index in [1.54, 1.807) is 0 Å². The van der Waals surface area contributed by atoms with E-state index in [-0.39, 0.29) is 25.7 Å². The Morgan fingerprint density at radius 2 is 0.377 bits per heavy atom. The number of carbonyl (C=O) groups is 4. The molecule has 0 aromatic rings. The zero-order valence-electron chi connectivity index (χ0n) is 69.4. The van der Waals surface area contributed by atoms with Crippen molar-refractivity contribution in [2.24, 2.45) is 0 Å². The molecule has 0 heterocycles. The normalized spacial score (nSPS) is 13.7. The number of carbonyl (C=O) groups excluding carboxylic acids is 4. The lowest BCUT2D eigenvalue weighted by molar-refractivity contribution is -0.161. The smallest absolute Gasteiger partial charge is 0.462 e. The zero-order valence-corrected chi connectivity index (χ0v) is 71.2. The van der Waals surface area contributed by atoms with Crippen molar-refractivity contribution < 1.29 is 80.2 Å². The molecule has 0 saturated heterocycles. The van der Waals surface area contributed by atoms with E-state index in [9.17, 15) is 43.2 Å². The largest absolute Gasteiger partial charge is 0.472 e. The molecule has 0 amide bonds. The van der Waals surface area contributed by atoms with Crippen LogP contribution in [0, 0.1) is 0 Å². The number of phosphoric acid groups is 2. The Kier molecular flexibility index (Phi) is 79.6. The molecule has 0 aliphatic rings. The number of hydrogen-bond donors (Lipinski definition) is 3. The Morgan fingerprint density at radius 3 is 0.557 bits per heavy atom. The van der Waals surface area contributed by atoms with E-state index >= 15 is 0 Å². The average molecular weight is 1550 g/mol. The molecule has 0 spiro atoms. The molecule has 0 aromatic heterocycles. The first kappa shape index (κ1) is 104. The molecular weight excluding hydrogens is 1380 g/mol. The summed E-state index contributed by atoms with van der Waals surface area (Å²) in [4.78, 5) is 73.2. The summed E-state index contributed by atoms with van der Waals surface area (Å²) >= 11 is 0. The molecular formula is C87H170O17P2. The van der Waals surface area contributed by atoms with E-state index in [0.29, 0.717) is 25.7 Å². The average Bonchev–Trinajstić information content (AvgIpc) is 0.914. The maximum absolute atomic E-state index is 13.2. The van der Waals surface area contributed by atoms with Gasteiger partial charge in [0.15, 0.2) is 12.2 Å². The molecule has 0 bridgehead atoms. The van der Waals surface area contributed by atoms with Crippen LogP contribution in [-0.4, -0.2) is 96.7 Å². The standard InChI is InChI=1S/C87H170O17P2/c1-5-9-13-17-21-25-29-32-35-37-39-41-43-45-47-50-52-56-60-64-68-72-85(90)98-78-83(104-87(92)74-70-66-62-58-54-51-48-46-44-42-40-38-36-33-30-26-22-18-14-10-6-2)80-102-106(95,96)100-76-81(88)75-99-105(93,94)101-79-82(77-97-84(89)71-67-63-59-55-28-24-20-16-12-8-4)103-86(91)73-69-65-61-57-53-49-34-31-27-23-19-15-11-7-3/h81-83,88H,5-80H2,1-4H3,(H,93,94)(H,95,96)/t81-,82+,83+/m0/s1. The topological polar surface area (TPSA) is 237 Å². The van der Waals surface area contributed by atoms with Gasteiger partial charge in [-0.05, 0) is 25.7 Å². The summed E-state index contributed by atoms with van der Waals surface area (Å²) in [6.45, 7) is 5.05. The Morgan fingerprint density at radius 1 is 0.226 bits per heavy atom. The Labute approximate surface area is 651 Å². The van der Waals surface area contributed by atoms with Gasteiger partial charge in [-0.25, -0.2) is 9.13 Å². The van der Waals surface area contributed by atoms with Crippen LogP contribution in [0.2, 0.25) is 0 Å². The molecule has 5 atom stereocenters. The fourth-order valence-electron chi connectivity index (χ4n) is 13.7. The number of hydrogen-bond acceptors (Lipinski definition) is 15. The van der Waals surface area contributed by atoms with Gasteiger partial charge in [-0.3, -0.25) is 37.3 Å². The number of aliphatic hydroxyl groups is 1. The minimum atomic E-state index is -4.97. The second kappa shape index (κ2) is 81.1. The second-order valence-corrected chi connectivity index (χ2v) is 34.2. The predicted molar refractivity (Wildman–Crippen MR) is 437 cm³/mol. The van der Waals surface area contributed by atoms with Gasteiger partial charge in [0.25, 0.3) is 0 Å². The zero-order chi connectivity index (χ0) is 77.4. The molecule has 0 saturated carbocycles. The maximum Gasteiger partial charge on any atom is 0.472 e. The molecule has 3 N–H and O–H groups in total. The monoisotopic (exact) mass is 1550 g/mol. The molecule has 106 heavy (non-hydrogen) atoms. The molecule has 0 aliphatic carbocycles. The van der Waals surface area contributed by atoms with Gasteiger partial charge in [0.2, 0.25) is 0 Å². The number of ether oxygens (including phenoxy) is 4. The third-order valence-corrected chi connectivity index (χ3v) is 22.5. The Hall–Kier alpha value is -1.94. The van der Waals surface area contributed by atoms with E-state index in [2.05, 4.69) is 27.7 Å². The van der Waals surface area contributed by atoms with Gasteiger partial charge in [-0.2, -0.15) is 0 Å². The van der Waals surface area contributed by atoms with E-state index in [0.717, 1.165) is 89.9 Å². The van der Waals surface area contributed by atoms with Crippen LogP contribution in [0.1, 0.15) is 477 Å². The number of aliphatic hydroxyl groups excluding tert-OH is 1. The van der Waals surface area contributed by atoms with Gasteiger partial charge in [0.1, 0.15) is 19.3 Å². The fourth-order valence-corrected chi connectivity index (χ4v) is 15.3. The number of unbranched alkanes of at least 4 members (excludes halogenated alkanes) is 62. The van der Waals surface area contributed by atoms with Crippen LogP contribution in [-0.2, 0) is 65.4 Å². The van der Waals surface area contributed by atoms with E-state index in [1.165, 1.54) is 308 Å². The number of phosphoric ester groups is 2. The van der Waals surface area contributed by atoms with Gasteiger partial charge in [0, 0.05) is 25.7 Å². The summed E-state index contributed by atoms with van der Waals surface area (Å²) in [5.74, 6) is -2.10. The Bertz CT molecular complexity index is 2000. The highest BCUT2D eigenvalue weighted by Gasteiger charge is 2.30. The highest BCUT2D eigenvalue weighted by Crippen LogP contribution is 2.45. The number of rotatable bonds is 88. The van der Waals surface area contributed by atoms with Crippen LogP contribution in [0.3, 0.4) is 0 Å². The minimum Gasteiger partial charge on any atom is -0.462 e. The minimum absolute atomic E-state index is 0.109. The first-order valence-corrected chi connectivity index (χ1v) is 48.3. The Balaban J connectivity index is 5.20. The summed E-state index contributed by atoms with van der Waals surface area (Å²) in [6.07, 6.45) is 76.5. The van der Waals surface area contributed by atoms with Gasteiger partial charge in [-0.1, -0.05) is 426 Å². The summed E-state index contributed by atoms with van der Waals surface area (Å²) in [6, 6.07) is 0. The van der Waals surface area contributed by atoms with Gasteiger partial charge < -0.3 is 33.8 Å². The molecule has 17 nitrogen and oxygen atoms in total. The van der Waals surface area contributed by atoms with Crippen LogP contribution in [0.15, 0.2) is 0 Å². The summed E-state index contributed by atoms with van der Waals surface area (Å²) in [5.41, 5.74) is 0. The first-order valence-electron chi connectivity index (χ1n) is 45.3. The molecule has 2 unspecified atom stereocenters. The summed E-state index contributed by atoms with van der Waals surface area (Å²) < 4.78 is 68.9. The van der Waals surface area contributed by atoms with E-state index in [1.807, 2.05) is 0 Å². The summed E-state index contributed by atoms with van der Waals surface area (Å²) in [7, 11) is -9.92. The lowest BCUT2D eigenvalue weighted by Crippen LogP contribution is -2.30. The predicted octanol–water partition coefficient (Wildman–Crippen LogP) is 26.9. The molecule has 0 fully saturated rings. The molecule has 0 aliphatic heterocycles. The quantitative estimate of drug-likeness (QED) is 0.0222. The van der Waals surface area contributed by atoms with Crippen LogP contribution in [0.4, 0.5) is 0 Å². The van der Waals surface area contributed by atoms with Crippen molar-refractivity contribution in [2.75, 3.05) is 39.6 Å². The van der Waals surface area contributed by atoms with Crippen LogP contribution < -0.4 is 0 Å². The summed E-state index contributed by atoms with van der Waals surface area (Å²) in [5, 5.41) is 10.7. The van der Waals surface area contributed by atoms with Crippen LogP contribution in [0.25, 0.3) is 0 Å². The van der Waals surface area contributed by atoms with Crippen LogP contribution >= 0.6 is 15.6 Å². The first-order chi connectivity index (χ1) is 51.7. The van der Waals surface area contributed by atoms with Gasteiger partial charge in [-0.15, -0.1) is 0 Å². The molecule has 0 radical (unpaired) electrons. The SMILES string of the molecule is CCCCCCCCCCCCCCCCCCCCCCCC(=O)OC[C@H](COP(=O)(O)OC[C@@H](O)COP(=O)(O)OC[C@@H](COC(=O)CCCCCCCCCCCC)OC(=O)CCCCCCCCCCCCCCCC)OC(=O)CCCCCCCCCCCCCCCCCCCCCCC. The lowest BCUT2D eigenvalue weighted by Gasteiger charge is -2.21. The van der Waals surface area contributed by atoms with Gasteiger partial charge in [0.05, 0.1) is 26.4 Å². The van der Waals surface area contributed by atoms with Crippen molar-refractivity contribution in [3.63, 3.8) is 0 Å². The number of esters is 4. The highest BCUT2D eigenvalue weighted by molar-refractivity contribution is 7.47. The van der Waals surface area contributed by atoms with Crippen molar-refractivity contribution in [3.8, 4) is 0 Å². The molecule has 19 heteroatoms. The van der Waals surface area contributed by atoms with E-state index in [4.69, 9.17) is 37.0 Å². The molecule has 0 rings (SSSR count). The second-order valence-electron chi connectivity index (χ2n) is 31.3. The van der Waals surface area contributed by atoms with Crippen molar-refractivity contribution in [1.82, 2.24) is 0 Å². The molecule has 630 valence electrons. The van der Waals surface area contributed by atoms with Crippen molar-refractivity contribution >= 4 is 39.5 Å². The highest BCUT2D eigenvalue weighted by atomic mass is 31.2. The van der Waals surface area contributed by atoms with Crippen molar-refractivity contribution in [3.05, 3.63) is 0 Å². The van der Waals surface area contributed by atoms with Gasteiger partial charge >= 0.3 is 39.5 Å².